The van der Waals surface area contributed by atoms with Gasteiger partial charge in [-0.15, -0.1) is 0 Å². The van der Waals surface area contributed by atoms with Crippen molar-refractivity contribution in [3.05, 3.63) is 0 Å². The first-order valence-corrected chi connectivity index (χ1v) is 6.26. The number of hydrogen-bond acceptors (Lipinski definition) is 2. The van der Waals surface area contributed by atoms with Gasteiger partial charge in [-0.05, 0) is 51.0 Å². The summed E-state index contributed by atoms with van der Waals surface area (Å²) in [4.78, 5) is 0. The van der Waals surface area contributed by atoms with Crippen LogP contribution in [0.3, 0.4) is 0 Å². The van der Waals surface area contributed by atoms with Crippen molar-refractivity contribution in [3.63, 3.8) is 0 Å². The Balaban J connectivity index is 1.47. The van der Waals surface area contributed by atoms with Gasteiger partial charge >= 0.3 is 0 Å². The summed E-state index contributed by atoms with van der Waals surface area (Å²) in [7, 11) is 0. The molecular formula is C12H23NO. The van der Waals surface area contributed by atoms with E-state index in [1.807, 2.05) is 0 Å². The average molecular weight is 197 g/mol. The molecule has 2 saturated carbocycles. The largest absolute Gasteiger partial charge is 0.393 e. The molecule has 0 atom stereocenters. The third-order valence-corrected chi connectivity index (χ3v) is 3.62. The van der Waals surface area contributed by atoms with E-state index in [9.17, 15) is 5.11 Å². The maximum Gasteiger partial charge on any atom is 0.0541 e. The van der Waals surface area contributed by atoms with Gasteiger partial charge in [0.1, 0.15) is 0 Å². The summed E-state index contributed by atoms with van der Waals surface area (Å²) in [5.41, 5.74) is 0. The second kappa shape index (κ2) is 5.13. The molecule has 0 aromatic carbocycles. The van der Waals surface area contributed by atoms with E-state index in [1.165, 1.54) is 45.1 Å². The SMILES string of the molecule is OC1CCC(NCCCC2CC2)CC1. The Morgan fingerprint density at radius 3 is 2.36 bits per heavy atom. The monoisotopic (exact) mass is 197 g/mol. The molecule has 82 valence electrons. The summed E-state index contributed by atoms with van der Waals surface area (Å²) < 4.78 is 0. The van der Waals surface area contributed by atoms with Gasteiger partial charge in [0, 0.05) is 6.04 Å². The number of aliphatic hydroxyl groups excluding tert-OH is 1. The van der Waals surface area contributed by atoms with Gasteiger partial charge in [-0.25, -0.2) is 0 Å². The summed E-state index contributed by atoms with van der Waals surface area (Å²) in [6, 6.07) is 0.692. The highest BCUT2D eigenvalue weighted by Gasteiger charge is 2.21. The minimum atomic E-state index is -0.0143. The molecule has 0 heterocycles. The van der Waals surface area contributed by atoms with Crippen LogP contribution in [0.4, 0.5) is 0 Å². The zero-order chi connectivity index (χ0) is 9.80. The molecule has 2 nitrogen and oxygen atoms in total. The van der Waals surface area contributed by atoms with Crippen LogP contribution >= 0.6 is 0 Å². The van der Waals surface area contributed by atoms with E-state index in [-0.39, 0.29) is 6.10 Å². The molecule has 0 saturated heterocycles. The molecule has 2 aliphatic rings. The predicted octanol–water partition coefficient (Wildman–Crippen LogP) is 2.07. The van der Waals surface area contributed by atoms with E-state index >= 15 is 0 Å². The lowest BCUT2D eigenvalue weighted by Crippen LogP contribution is -2.35. The van der Waals surface area contributed by atoms with Crippen LogP contribution in [0.1, 0.15) is 51.4 Å². The third kappa shape index (κ3) is 3.58. The summed E-state index contributed by atoms with van der Waals surface area (Å²) in [6.45, 7) is 1.19. The quantitative estimate of drug-likeness (QED) is 0.661. The average Bonchev–Trinajstić information content (AvgIpc) is 2.99. The van der Waals surface area contributed by atoms with Gasteiger partial charge in [0.25, 0.3) is 0 Å². The molecule has 2 aliphatic carbocycles. The second-order valence-corrected chi connectivity index (χ2v) is 5.05. The Labute approximate surface area is 87.1 Å². The summed E-state index contributed by atoms with van der Waals surface area (Å²) >= 11 is 0. The van der Waals surface area contributed by atoms with Gasteiger partial charge in [0.2, 0.25) is 0 Å². The Morgan fingerprint density at radius 2 is 1.71 bits per heavy atom. The van der Waals surface area contributed by atoms with Crippen LogP contribution in [-0.4, -0.2) is 23.8 Å². The molecule has 0 bridgehead atoms. The molecule has 2 fully saturated rings. The van der Waals surface area contributed by atoms with Gasteiger partial charge in [0.15, 0.2) is 0 Å². The number of nitrogens with one attached hydrogen (secondary N) is 1. The van der Waals surface area contributed by atoms with E-state index in [0.717, 1.165) is 18.8 Å². The van der Waals surface area contributed by atoms with Gasteiger partial charge in [-0.2, -0.15) is 0 Å². The van der Waals surface area contributed by atoms with Crippen molar-refractivity contribution in [1.29, 1.82) is 0 Å². The fraction of sp³-hybridized carbons (Fsp3) is 1.00. The van der Waals surface area contributed by atoms with Crippen molar-refractivity contribution in [2.24, 2.45) is 5.92 Å². The second-order valence-electron chi connectivity index (χ2n) is 5.05. The van der Waals surface area contributed by atoms with Crippen molar-refractivity contribution in [3.8, 4) is 0 Å². The first kappa shape index (κ1) is 10.4. The smallest absolute Gasteiger partial charge is 0.0541 e. The van der Waals surface area contributed by atoms with Crippen LogP contribution in [0.2, 0.25) is 0 Å². The minimum absolute atomic E-state index is 0.0143. The lowest BCUT2D eigenvalue weighted by molar-refractivity contribution is 0.116. The minimum Gasteiger partial charge on any atom is -0.393 e. The maximum atomic E-state index is 9.35. The van der Waals surface area contributed by atoms with Crippen LogP contribution < -0.4 is 5.32 Å². The van der Waals surface area contributed by atoms with Crippen LogP contribution in [-0.2, 0) is 0 Å². The summed E-state index contributed by atoms with van der Waals surface area (Å²) in [6.07, 6.45) is 10.1. The molecule has 2 N–H and O–H groups in total. The van der Waals surface area contributed by atoms with Crippen molar-refractivity contribution >= 4 is 0 Å². The highest BCUT2D eigenvalue weighted by Crippen LogP contribution is 2.33. The molecule has 2 rings (SSSR count). The van der Waals surface area contributed by atoms with Crippen LogP contribution in [0.5, 0.6) is 0 Å². The Kier molecular flexibility index (Phi) is 3.82. The highest BCUT2D eigenvalue weighted by atomic mass is 16.3. The zero-order valence-electron chi connectivity index (χ0n) is 9.04. The normalized spacial score (nSPS) is 33.2. The first-order chi connectivity index (χ1) is 6.84. The molecule has 0 spiro atoms. The zero-order valence-corrected chi connectivity index (χ0v) is 9.04. The van der Waals surface area contributed by atoms with Gasteiger partial charge < -0.3 is 10.4 Å². The summed E-state index contributed by atoms with van der Waals surface area (Å²) in [5, 5.41) is 13.0. The van der Waals surface area contributed by atoms with E-state index < -0.39 is 0 Å². The third-order valence-electron chi connectivity index (χ3n) is 3.62. The Bertz CT molecular complexity index is 160. The van der Waals surface area contributed by atoms with Gasteiger partial charge in [-0.3, -0.25) is 0 Å². The fourth-order valence-electron chi connectivity index (χ4n) is 2.38. The van der Waals surface area contributed by atoms with Gasteiger partial charge in [-0.1, -0.05) is 12.8 Å². The molecule has 14 heavy (non-hydrogen) atoms. The molecule has 0 radical (unpaired) electrons. The molecule has 0 aliphatic heterocycles. The standard InChI is InChI=1S/C12H23NO/c14-12-7-5-11(6-8-12)13-9-1-2-10-3-4-10/h10-14H,1-9H2. The number of aliphatic hydroxyl groups is 1. The predicted molar refractivity (Wildman–Crippen MR) is 58.2 cm³/mol. The van der Waals surface area contributed by atoms with Crippen molar-refractivity contribution < 1.29 is 5.11 Å². The Hall–Kier alpha value is -0.0800. The maximum absolute atomic E-state index is 9.35. The van der Waals surface area contributed by atoms with Crippen molar-refractivity contribution in [2.75, 3.05) is 6.54 Å². The Morgan fingerprint density at radius 1 is 1.00 bits per heavy atom. The lowest BCUT2D eigenvalue weighted by Gasteiger charge is -2.26. The molecule has 0 amide bonds. The number of rotatable bonds is 5. The molecule has 0 aromatic rings. The fourth-order valence-corrected chi connectivity index (χ4v) is 2.38. The van der Waals surface area contributed by atoms with Crippen molar-refractivity contribution in [1.82, 2.24) is 5.32 Å². The van der Waals surface area contributed by atoms with E-state index in [0.29, 0.717) is 6.04 Å². The molecule has 0 aromatic heterocycles. The van der Waals surface area contributed by atoms with Crippen molar-refractivity contribution in [2.45, 2.75) is 63.5 Å². The van der Waals surface area contributed by atoms with E-state index in [1.54, 1.807) is 0 Å². The first-order valence-electron chi connectivity index (χ1n) is 6.26. The number of hydrogen-bond donors (Lipinski definition) is 2. The summed E-state index contributed by atoms with van der Waals surface area (Å²) in [5.74, 6) is 1.07. The van der Waals surface area contributed by atoms with Crippen LogP contribution in [0.15, 0.2) is 0 Å². The van der Waals surface area contributed by atoms with E-state index in [2.05, 4.69) is 5.32 Å². The van der Waals surface area contributed by atoms with Gasteiger partial charge in [0.05, 0.1) is 6.10 Å². The van der Waals surface area contributed by atoms with Crippen LogP contribution in [0.25, 0.3) is 0 Å². The van der Waals surface area contributed by atoms with Crippen LogP contribution in [0, 0.1) is 5.92 Å². The molecule has 0 unspecified atom stereocenters. The topological polar surface area (TPSA) is 32.3 Å². The lowest BCUT2D eigenvalue weighted by atomic mass is 9.93. The molecule has 2 heteroatoms. The highest BCUT2D eigenvalue weighted by molar-refractivity contribution is 4.77. The molecular weight excluding hydrogens is 174 g/mol. The van der Waals surface area contributed by atoms with E-state index in [4.69, 9.17) is 0 Å².